The fourth-order valence-electron chi connectivity index (χ4n) is 4.76. The smallest absolute Gasteiger partial charge is 0.281 e. The maximum Gasteiger partial charge on any atom is 0.281 e. The van der Waals surface area contributed by atoms with Crippen molar-refractivity contribution in [2.24, 2.45) is 11.8 Å². The Kier molecular flexibility index (Phi) is 6.85. The summed E-state index contributed by atoms with van der Waals surface area (Å²) in [7, 11) is -4.20. The molecule has 9 heteroatoms. The van der Waals surface area contributed by atoms with Crippen LogP contribution in [0.5, 0.6) is 5.88 Å². The number of aromatic nitrogens is 2. The molecule has 1 unspecified atom stereocenters. The number of sulfonamides is 1. The fourth-order valence-corrected chi connectivity index (χ4v) is 5.68. The van der Waals surface area contributed by atoms with Crippen LogP contribution in [0.3, 0.4) is 0 Å². The quantitative estimate of drug-likeness (QED) is 0.654. The van der Waals surface area contributed by atoms with Gasteiger partial charge in [-0.15, -0.1) is 0 Å². The van der Waals surface area contributed by atoms with E-state index in [1.54, 1.807) is 30.5 Å². The molecule has 1 N–H and O–H groups in total. The second-order valence-electron chi connectivity index (χ2n) is 10.1. The standard InChI is InChI=1S/C25H34N4O4S/c1-17-10-12-19(13-11-17)33-21-8-5-9-22(27-21)34(31,32)28-24(30)20-7-6-15-26-23(20)29-16-14-18(2)25(29,3)4/h5-9,15,17-19H,10-14,16H2,1-4H3,(H,28,30). The highest BCUT2D eigenvalue weighted by Crippen LogP contribution is 2.38. The highest BCUT2D eigenvalue weighted by atomic mass is 32.2. The van der Waals surface area contributed by atoms with E-state index in [1.807, 2.05) is 0 Å². The summed E-state index contributed by atoms with van der Waals surface area (Å²) in [6, 6.07) is 7.82. The largest absolute Gasteiger partial charge is 0.474 e. The molecule has 0 radical (unpaired) electrons. The highest BCUT2D eigenvalue weighted by molar-refractivity contribution is 7.90. The summed E-state index contributed by atoms with van der Waals surface area (Å²) in [6.45, 7) is 9.37. The zero-order chi connectivity index (χ0) is 24.5. The minimum Gasteiger partial charge on any atom is -0.474 e. The Morgan fingerprint density at radius 1 is 1.09 bits per heavy atom. The molecule has 1 aliphatic carbocycles. The van der Waals surface area contributed by atoms with E-state index in [4.69, 9.17) is 4.74 Å². The van der Waals surface area contributed by atoms with Gasteiger partial charge >= 0.3 is 0 Å². The summed E-state index contributed by atoms with van der Waals surface area (Å²) in [4.78, 5) is 23.8. The lowest BCUT2D eigenvalue weighted by Gasteiger charge is -2.36. The third-order valence-corrected chi connectivity index (χ3v) is 8.66. The van der Waals surface area contributed by atoms with E-state index in [1.165, 1.54) is 6.07 Å². The highest BCUT2D eigenvalue weighted by Gasteiger charge is 2.40. The molecule has 2 aromatic heterocycles. The Balaban J connectivity index is 1.52. The first-order valence-corrected chi connectivity index (χ1v) is 13.5. The summed E-state index contributed by atoms with van der Waals surface area (Å²) in [6.07, 6.45) is 6.63. The number of carbonyl (C=O) groups is 1. The van der Waals surface area contributed by atoms with Crippen LogP contribution in [0.15, 0.2) is 41.6 Å². The van der Waals surface area contributed by atoms with Gasteiger partial charge in [0.05, 0.1) is 5.56 Å². The van der Waals surface area contributed by atoms with Gasteiger partial charge in [-0.1, -0.05) is 19.9 Å². The zero-order valence-corrected chi connectivity index (χ0v) is 21.1. The first-order valence-electron chi connectivity index (χ1n) is 12.0. The van der Waals surface area contributed by atoms with Gasteiger partial charge in [0.15, 0.2) is 5.03 Å². The third kappa shape index (κ3) is 5.04. The van der Waals surface area contributed by atoms with Crippen molar-refractivity contribution in [2.45, 2.75) is 76.5 Å². The number of amides is 1. The van der Waals surface area contributed by atoms with Gasteiger partial charge in [0.2, 0.25) is 5.88 Å². The third-order valence-electron chi connectivity index (χ3n) is 7.43. The van der Waals surface area contributed by atoms with Gasteiger partial charge in [-0.05, 0) is 76.0 Å². The van der Waals surface area contributed by atoms with E-state index >= 15 is 0 Å². The van der Waals surface area contributed by atoms with Gasteiger partial charge in [-0.25, -0.2) is 9.71 Å². The van der Waals surface area contributed by atoms with E-state index in [0.29, 0.717) is 17.7 Å². The van der Waals surface area contributed by atoms with Crippen molar-refractivity contribution in [3.63, 3.8) is 0 Å². The molecule has 0 aromatic carbocycles. The predicted molar refractivity (Wildman–Crippen MR) is 130 cm³/mol. The van der Waals surface area contributed by atoms with Gasteiger partial charge in [-0.3, -0.25) is 4.79 Å². The molecule has 1 atom stereocenters. The van der Waals surface area contributed by atoms with Crippen molar-refractivity contribution in [3.8, 4) is 5.88 Å². The normalized spacial score (nSPS) is 24.6. The lowest BCUT2D eigenvalue weighted by molar-refractivity contribution is 0.0981. The van der Waals surface area contributed by atoms with Crippen LogP contribution in [0, 0.1) is 11.8 Å². The molecule has 1 aliphatic heterocycles. The lowest BCUT2D eigenvalue weighted by atomic mass is 9.89. The molecule has 8 nitrogen and oxygen atoms in total. The van der Waals surface area contributed by atoms with Crippen molar-refractivity contribution < 1.29 is 17.9 Å². The van der Waals surface area contributed by atoms with E-state index in [0.717, 1.165) is 38.6 Å². The fraction of sp³-hybridized carbons (Fsp3) is 0.560. The van der Waals surface area contributed by atoms with E-state index < -0.39 is 15.9 Å². The molecule has 2 aliphatic rings. The number of nitrogens with one attached hydrogen (secondary N) is 1. The van der Waals surface area contributed by atoms with Gasteiger partial charge in [0, 0.05) is 24.3 Å². The van der Waals surface area contributed by atoms with Gasteiger partial charge in [0.1, 0.15) is 11.9 Å². The van der Waals surface area contributed by atoms with Crippen LogP contribution in [0.25, 0.3) is 0 Å². The summed E-state index contributed by atoms with van der Waals surface area (Å²) >= 11 is 0. The molecule has 3 heterocycles. The Morgan fingerprint density at radius 3 is 2.50 bits per heavy atom. The second-order valence-corrected chi connectivity index (χ2v) is 11.7. The van der Waals surface area contributed by atoms with Crippen LogP contribution >= 0.6 is 0 Å². The molecule has 34 heavy (non-hydrogen) atoms. The Labute approximate surface area is 202 Å². The SMILES string of the molecule is CC1CCC(Oc2cccc(S(=O)(=O)NC(=O)c3cccnc3N3CCC(C)C3(C)C)n2)CC1. The van der Waals surface area contributed by atoms with Crippen LogP contribution in [0.1, 0.15) is 70.2 Å². The number of pyridine rings is 2. The Morgan fingerprint density at radius 2 is 1.82 bits per heavy atom. The van der Waals surface area contributed by atoms with E-state index in [2.05, 4.69) is 47.3 Å². The topological polar surface area (TPSA) is 101 Å². The number of carbonyl (C=O) groups excluding carboxylic acids is 1. The van der Waals surface area contributed by atoms with Crippen molar-refractivity contribution >= 4 is 21.7 Å². The minimum absolute atomic E-state index is 0.0282. The van der Waals surface area contributed by atoms with Gasteiger partial charge in [-0.2, -0.15) is 13.4 Å². The molecule has 4 rings (SSSR count). The van der Waals surface area contributed by atoms with Crippen LogP contribution in [-0.2, 0) is 10.0 Å². The number of ether oxygens (including phenoxy) is 1. The van der Waals surface area contributed by atoms with Crippen molar-refractivity contribution in [3.05, 3.63) is 42.1 Å². The van der Waals surface area contributed by atoms with Crippen LogP contribution in [0.2, 0.25) is 0 Å². The zero-order valence-electron chi connectivity index (χ0n) is 20.3. The average molecular weight is 487 g/mol. The van der Waals surface area contributed by atoms with E-state index in [9.17, 15) is 13.2 Å². The Bertz CT molecular complexity index is 1140. The minimum atomic E-state index is -4.20. The van der Waals surface area contributed by atoms with E-state index in [-0.39, 0.29) is 28.1 Å². The molecular weight excluding hydrogens is 452 g/mol. The summed E-state index contributed by atoms with van der Waals surface area (Å²) < 4.78 is 34.2. The van der Waals surface area contributed by atoms with Crippen LogP contribution in [0.4, 0.5) is 5.82 Å². The monoisotopic (exact) mass is 486 g/mol. The predicted octanol–water partition coefficient (Wildman–Crippen LogP) is 4.18. The molecule has 0 bridgehead atoms. The first kappa shape index (κ1) is 24.4. The molecule has 0 spiro atoms. The van der Waals surface area contributed by atoms with Crippen LogP contribution in [-0.4, -0.2) is 42.5 Å². The Hall–Kier alpha value is -2.68. The molecule has 2 aromatic rings. The lowest BCUT2D eigenvalue weighted by Crippen LogP contribution is -2.43. The van der Waals surface area contributed by atoms with Crippen molar-refractivity contribution in [1.29, 1.82) is 0 Å². The molecule has 184 valence electrons. The first-order chi connectivity index (χ1) is 16.1. The number of anilines is 1. The summed E-state index contributed by atoms with van der Waals surface area (Å²) in [5.74, 6) is 1.11. The van der Waals surface area contributed by atoms with Crippen LogP contribution < -0.4 is 14.4 Å². The molecule has 1 amide bonds. The van der Waals surface area contributed by atoms with Crippen molar-refractivity contribution in [1.82, 2.24) is 14.7 Å². The molecule has 1 saturated heterocycles. The maximum absolute atomic E-state index is 13.1. The summed E-state index contributed by atoms with van der Waals surface area (Å²) in [5, 5.41) is -0.247. The molecule has 1 saturated carbocycles. The molecular formula is C25H34N4O4S. The number of rotatable bonds is 6. The summed E-state index contributed by atoms with van der Waals surface area (Å²) in [5.41, 5.74) is 0.0174. The second kappa shape index (κ2) is 9.52. The van der Waals surface area contributed by atoms with Crippen molar-refractivity contribution in [2.75, 3.05) is 11.4 Å². The molecule has 2 fully saturated rings. The number of hydrogen-bond donors (Lipinski definition) is 1. The maximum atomic E-state index is 13.1. The average Bonchev–Trinajstić information content (AvgIpc) is 3.07. The van der Waals surface area contributed by atoms with Gasteiger partial charge in [0.25, 0.3) is 15.9 Å². The number of nitrogens with zero attached hydrogens (tertiary/aromatic N) is 3. The van der Waals surface area contributed by atoms with Gasteiger partial charge < -0.3 is 9.64 Å². The number of hydrogen-bond acceptors (Lipinski definition) is 7.